The molecule has 0 fully saturated rings. The molecule has 70 valence electrons. The van der Waals surface area contributed by atoms with Gasteiger partial charge in [-0.2, -0.15) is 0 Å². The highest BCUT2D eigenvalue weighted by Crippen LogP contribution is 2.18. The highest BCUT2D eigenvalue weighted by atomic mass is 16.4. The van der Waals surface area contributed by atoms with Gasteiger partial charge in [-0.25, -0.2) is 0 Å². The molecule has 3 nitrogen and oxygen atoms in total. The molecule has 0 bridgehead atoms. The molecule has 0 saturated heterocycles. The van der Waals surface area contributed by atoms with Crippen LogP contribution in [0.3, 0.4) is 0 Å². The zero-order valence-corrected chi connectivity index (χ0v) is 7.64. The largest absolute Gasteiger partial charge is 0.409 e. The zero-order valence-electron chi connectivity index (χ0n) is 7.64. The van der Waals surface area contributed by atoms with Crippen LogP contribution in [-0.2, 0) is 0 Å². The van der Waals surface area contributed by atoms with Crippen LogP contribution in [0, 0.1) is 0 Å². The van der Waals surface area contributed by atoms with E-state index >= 15 is 0 Å². The minimum absolute atomic E-state index is 0.0196. The van der Waals surface area contributed by atoms with Crippen molar-refractivity contribution < 1.29 is 5.21 Å². The Hall–Kier alpha value is -1.51. The summed E-state index contributed by atoms with van der Waals surface area (Å²) >= 11 is 0. The minimum atomic E-state index is 0.0196. The summed E-state index contributed by atoms with van der Waals surface area (Å²) in [4.78, 5) is 0. The second-order valence-corrected chi connectivity index (χ2v) is 2.90. The lowest BCUT2D eigenvalue weighted by Gasteiger charge is -2.12. The number of oxime groups is 1. The summed E-state index contributed by atoms with van der Waals surface area (Å²) in [6.07, 6.45) is 0.833. The van der Waals surface area contributed by atoms with Crippen molar-refractivity contribution in [3.05, 3.63) is 35.9 Å². The van der Waals surface area contributed by atoms with Crippen LogP contribution in [0.15, 0.2) is 35.5 Å². The van der Waals surface area contributed by atoms with Gasteiger partial charge in [-0.3, -0.25) is 0 Å². The molecule has 13 heavy (non-hydrogen) atoms. The number of hydrogen-bond acceptors (Lipinski definition) is 2. The van der Waals surface area contributed by atoms with Crippen LogP contribution in [0.4, 0.5) is 0 Å². The Balaban J connectivity index is 2.91. The summed E-state index contributed by atoms with van der Waals surface area (Å²) in [5.74, 6) is 0.292. The maximum atomic E-state index is 8.56. The zero-order chi connectivity index (χ0) is 9.68. The van der Waals surface area contributed by atoms with Crippen LogP contribution in [0.5, 0.6) is 0 Å². The van der Waals surface area contributed by atoms with Gasteiger partial charge in [-0.05, 0) is 12.0 Å². The second kappa shape index (κ2) is 4.50. The van der Waals surface area contributed by atoms with E-state index in [9.17, 15) is 0 Å². The molecule has 0 aliphatic rings. The van der Waals surface area contributed by atoms with Gasteiger partial charge < -0.3 is 10.9 Å². The second-order valence-electron chi connectivity index (χ2n) is 2.90. The van der Waals surface area contributed by atoms with E-state index in [1.54, 1.807) is 0 Å². The fraction of sp³-hybridized carbons (Fsp3) is 0.300. The number of nitrogens with two attached hydrogens (primary N) is 1. The van der Waals surface area contributed by atoms with Crippen LogP contribution in [0.2, 0.25) is 0 Å². The van der Waals surface area contributed by atoms with Gasteiger partial charge in [0.25, 0.3) is 0 Å². The number of benzene rings is 1. The average molecular weight is 178 g/mol. The van der Waals surface area contributed by atoms with E-state index < -0.39 is 0 Å². The number of rotatable bonds is 3. The van der Waals surface area contributed by atoms with Gasteiger partial charge in [-0.1, -0.05) is 42.4 Å². The molecule has 0 aliphatic carbocycles. The van der Waals surface area contributed by atoms with Gasteiger partial charge in [0.1, 0.15) is 5.84 Å². The van der Waals surface area contributed by atoms with Crippen LogP contribution in [-0.4, -0.2) is 11.0 Å². The van der Waals surface area contributed by atoms with Crippen molar-refractivity contribution in [2.24, 2.45) is 10.9 Å². The predicted octanol–water partition coefficient (Wildman–Crippen LogP) is 1.93. The number of amidine groups is 1. The Kier molecular flexibility index (Phi) is 3.31. The Labute approximate surface area is 77.9 Å². The Morgan fingerprint density at radius 3 is 2.54 bits per heavy atom. The molecule has 1 aromatic rings. The first-order valence-electron chi connectivity index (χ1n) is 4.32. The fourth-order valence-electron chi connectivity index (χ4n) is 1.37. The van der Waals surface area contributed by atoms with Crippen molar-refractivity contribution in [1.29, 1.82) is 0 Å². The number of nitrogens with zero attached hydrogens (tertiary/aromatic N) is 1. The van der Waals surface area contributed by atoms with Crippen LogP contribution in [0.1, 0.15) is 24.8 Å². The normalized spacial score (nSPS) is 14.1. The average Bonchev–Trinajstić information content (AvgIpc) is 2.20. The number of hydrogen-bond donors (Lipinski definition) is 2. The Bertz CT molecular complexity index is 282. The first kappa shape index (κ1) is 9.58. The third kappa shape index (κ3) is 2.21. The molecule has 3 heteroatoms. The summed E-state index contributed by atoms with van der Waals surface area (Å²) in [5.41, 5.74) is 6.64. The van der Waals surface area contributed by atoms with Crippen LogP contribution >= 0.6 is 0 Å². The van der Waals surface area contributed by atoms with E-state index in [2.05, 4.69) is 5.16 Å². The van der Waals surface area contributed by atoms with E-state index in [1.165, 1.54) is 0 Å². The summed E-state index contributed by atoms with van der Waals surface area (Å²) in [6, 6.07) is 9.80. The maximum Gasteiger partial charge on any atom is 0.146 e. The molecule has 0 saturated carbocycles. The molecule has 0 spiro atoms. The summed E-state index contributed by atoms with van der Waals surface area (Å²) in [7, 11) is 0. The van der Waals surface area contributed by atoms with Crippen LogP contribution < -0.4 is 5.73 Å². The highest BCUT2D eigenvalue weighted by molar-refractivity contribution is 5.86. The molecule has 0 radical (unpaired) electrons. The smallest absolute Gasteiger partial charge is 0.146 e. The van der Waals surface area contributed by atoms with Crippen LogP contribution in [0.25, 0.3) is 0 Å². The fourth-order valence-corrected chi connectivity index (χ4v) is 1.37. The van der Waals surface area contributed by atoms with Crippen molar-refractivity contribution in [3.8, 4) is 0 Å². The van der Waals surface area contributed by atoms with Gasteiger partial charge in [0.2, 0.25) is 0 Å². The minimum Gasteiger partial charge on any atom is -0.409 e. The van der Waals surface area contributed by atoms with Gasteiger partial charge >= 0.3 is 0 Å². The van der Waals surface area contributed by atoms with Crippen molar-refractivity contribution in [2.45, 2.75) is 19.3 Å². The van der Waals surface area contributed by atoms with E-state index in [0.717, 1.165) is 12.0 Å². The lowest BCUT2D eigenvalue weighted by Crippen LogP contribution is -2.21. The highest BCUT2D eigenvalue weighted by Gasteiger charge is 2.13. The molecule has 0 aromatic heterocycles. The molecular weight excluding hydrogens is 164 g/mol. The molecule has 1 aromatic carbocycles. The summed E-state index contributed by atoms with van der Waals surface area (Å²) in [5, 5.41) is 11.6. The lowest BCUT2D eigenvalue weighted by molar-refractivity contribution is 0.315. The van der Waals surface area contributed by atoms with Crippen molar-refractivity contribution in [1.82, 2.24) is 0 Å². The van der Waals surface area contributed by atoms with E-state index in [0.29, 0.717) is 0 Å². The molecule has 3 N–H and O–H groups in total. The predicted molar refractivity (Wildman–Crippen MR) is 52.9 cm³/mol. The standard InChI is InChI=1S/C10H14N2O/c1-2-9(10(11)12-13)8-6-4-3-5-7-8/h3-7,9,13H,2H2,1H3,(H2,11,12)/t9-/m1/s1. The first-order valence-corrected chi connectivity index (χ1v) is 4.32. The molecular formula is C10H14N2O. The SMILES string of the molecule is CC[C@@H](/C(N)=N\O)c1ccccc1. The summed E-state index contributed by atoms with van der Waals surface area (Å²) < 4.78 is 0. The molecule has 0 heterocycles. The van der Waals surface area contributed by atoms with E-state index in [1.807, 2.05) is 37.3 Å². The third-order valence-corrected chi connectivity index (χ3v) is 2.08. The lowest BCUT2D eigenvalue weighted by atomic mass is 9.96. The van der Waals surface area contributed by atoms with Gasteiger partial charge in [0.15, 0.2) is 0 Å². The van der Waals surface area contributed by atoms with E-state index in [-0.39, 0.29) is 11.8 Å². The third-order valence-electron chi connectivity index (χ3n) is 2.08. The molecule has 0 amide bonds. The summed E-state index contributed by atoms with van der Waals surface area (Å²) in [6.45, 7) is 2.01. The van der Waals surface area contributed by atoms with Gasteiger partial charge in [-0.15, -0.1) is 0 Å². The van der Waals surface area contributed by atoms with Gasteiger partial charge in [0, 0.05) is 5.92 Å². The molecule has 1 rings (SSSR count). The molecule has 0 unspecified atom stereocenters. The molecule has 0 aliphatic heterocycles. The quantitative estimate of drug-likeness (QED) is 0.321. The van der Waals surface area contributed by atoms with Crippen molar-refractivity contribution >= 4 is 5.84 Å². The topological polar surface area (TPSA) is 58.6 Å². The van der Waals surface area contributed by atoms with Gasteiger partial charge in [0.05, 0.1) is 0 Å². The van der Waals surface area contributed by atoms with Crippen molar-refractivity contribution in [2.75, 3.05) is 0 Å². The first-order chi connectivity index (χ1) is 6.29. The Morgan fingerprint density at radius 1 is 1.46 bits per heavy atom. The van der Waals surface area contributed by atoms with E-state index in [4.69, 9.17) is 10.9 Å². The maximum absolute atomic E-state index is 8.56. The Morgan fingerprint density at radius 2 is 2.08 bits per heavy atom. The van der Waals surface area contributed by atoms with Crippen molar-refractivity contribution in [3.63, 3.8) is 0 Å². The monoisotopic (exact) mass is 178 g/mol. The molecule has 1 atom stereocenters.